The number of nitrogens with zero attached hydrogens (tertiary/aromatic N) is 3. The lowest BCUT2D eigenvalue weighted by Gasteiger charge is -2.32. The molecule has 0 bridgehead atoms. The van der Waals surface area contributed by atoms with Crippen LogP contribution in [-0.2, 0) is 6.42 Å². The molecular weight excluding hydrogens is 324 g/mol. The van der Waals surface area contributed by atoms with Crippen molar-refractivity contribution in [2.24, 2.45) is 0 Å². The molecule has 1 aromatic carbocycles. The summed E-state index contributed by atoms with van der Waals surface area (Å²) >= 11 is 0. The molecule has 1 aliphatic rings. The monoisotopic (exact) mass is 346 g/mol. The standard InChI is InChI=1S/C21H22N4O/c26-21(20-11-12-22-24-20)25-13-5-8-17(15-25)19-10-4-9-18(23-19)14-16-6-2-1-3-7-16/h1-4,6-7,9-12,17H,5,8,13-15H2,(H,22,24)/t17-/m0/s1. The first kappa shape index (κ1) is 16.5. The van der Waals surface area contributed by atoms with E-state index in [4.69, 9.17) is 4.98 Å². The van der Waals surface area contributed by atoms with Crippen molar-refractivity contribution in [2.75, 3.05) is 13.1 Å². The average Bonchev–Trinajstić information content (AvgIpc) is 3.23. The van der Waals surface area contributed by atoms with Gasteiger partial charge in [0.2, 0.25) is 0 Å². The molecule has 0 spiro atoms. The molecule has 26 heavy (non-hydrogen) atoms. The number of hydrogen-bond donors (Lipinski definition) is 1. The maximum Gasteiger partial charge on any atom is 0.271 e. The van der Waals surface area contributed by atoms with Crippen molar-refractivity contribution >= 4 is 5.91 Å². The van der Waals surface area contributed by atoms with E-state index in [0.29, 0.717) is 12.2 Å². The summed E-state index contributed by atoms with van der Waals surface area (Å²) in [6.07, 6.45) is 4.51. The molecule has 1 aliphatic heterocycles. The number of pyridine rings is 1. The Morgan fingerprint density at radius 1 is 1.12 bits per heavy atom. The van der Waals surface area contributed by atoms with Crippen LogP contribution in [0.25, 0.3) is 0 Å². The number of rotatable bonds is 4. The van der Waals surface area contributed by atoms with Gasteiger partial charge in [0, 0.05) is 43.0 Å². The Morgan fingerprint density at radius 2 is 2.00 bits per heavy atom. The molecule has 4 rings (SSSR count). The molecule has 5 nitrogen and oxygen atoms in total. The number of nitrogens with one attached hydrogen (secondary N) is 1. The van der Waals surface area contributed by atoms with Crippen LogP contribution in [0, 0.1) is 0 Å². The third kappa shape index (κ3) is 3.67. The number of piperidine rings is 1. The molecule has 132 valence electrons. The number of carbonyl (C=O) groups excluding carboxylic acids is 1. The Bertz CT molecular complexity index is 861. The molecule has 1 fully saturated rings. The van der Waals surface area contributed by atoms with Crippen molar-refractivity contribution in [1.82, 2.24) is 20.1 Å². The van der Waals surface area contributed by atoms with Gasteiger partial charge in [-0.3, -0.25) is 14.9 Å². The Morgan fingerprint density at radius 3 is 2.81 bits per heavy atom. The van der Waals surface area contributed by atoms with E-state index >= 15 is 0 Å². The van der Waals surface area contributed by atoms with Gasteiger partial charge < -0.3 is 4.90 Å². The number of aromatic amines is 1. The highest BCUT2D eigenvalue weighted by atomic mass is 16.2. The molecule has 5 heteroatoms. The van der Waals surface area contributed by atoms with Crippen LogP contribution in [0.1, 0.15) is 46.2 Å². The second kappa shape index (κ2) is 7.52. The first-order valence-electron chi connectivity index (χ1n) is 9.08. The van der Waals surface area contributed by atoms with Crippen LogP contribution in [0.4, 0.5) is 0 Å². The smallest absolute Gasteiger partial charge is 0.271 e. The molecule has 3 heterocycles. The van der Waals surface area contributed by atoms with Crippen LogP contribution in [0.3, 0.4) is 0 Å². The normalized spacial score (nSPS) is 17.2. The van der Waals surface area contributed by atoms with Crippen LogP contribution in [0.2, 0.25) is 0 Å². The Balaban J connectivity index is 1.48. The van der Waals surface area contributed by atoms with Crippen LogP contribution in [0.15, 0.2) is 60.8 Å². The molecule has 0 unspecified atom stereocenters. The molecular formula is C21H22N4O. The molecule has 1 saturated heterocycles. The summed E-state index contributed by atoms with van der Waals surface area (Å²) in [5.41, 5.74) is 3.97. The summed E-state index contributed by atoms with van der Waals surface area (Å²) in [5, 5.41) is 6.65. The van der Waals surface area contributed by atoms with E-state index in [9.17, 15) is 4.79 Å². The Hall–Kier alpha value is -2.95. The van der Waals surface area contributed by atoms with Gasteiger partial charge in [-0.2, -0.15) is 5.10 Å². The number of amides is 1. The number of H-pyrrole nitrogens is 1. The van der Waals surface area contributed by atoms with E-state index in [-0.39, 0.29) is 11.8 Å². The van der Waals surface area contributed by atoms with Gasteiger partial charge in [-0.05, 0) is 36.6 Å². The first-order valence-corrected chi connectivity index (χ1v) is 9.08. The summed E-state index contributed by atoms with van der Waals surface area (Å²) in [6, 6.07) is 18.4. The van der Waals surface area contributed by atoms with Crippen molar-refractivity contribution in [2.45, 2.75) is 25.2 Å². The number of likely N-dealkylation sites (tertiary alicyclic amines) is 1. The van der Waals surface area contributed by atoms with Crippen LogP contribution < -0.4 is 0 Å². The number of benzene rings is 1. The largest absolute Gasteiger partial charge is 0.337 e. The molecule has 1 amide bonds. The predicted octanol–water partition coefficient (Wildman–Crippen LogP) is 3.42. The zero-order valence-electron chi connectivity index (χ0n) is 14.6. The average molecular weight is 346 g/mol. The predicted molar refractivity (Wildman–Crippen MR) is 100.0 cm³/mol. The van der Waals surface area contributed by atoms with Crippen molar-refractivity contribution in [3.8, 4) is 0 Å². The number of aromatic nitrogens is 3. The lowest BCUT2D eigenvalue weighted by Crippen LogP contribution is -2.39. The summed E-state index contributed by atoms with van der Waals surface area (Å²) in [7, 11) is 0. The van der Waals surface area contributed by atoms with Gasteiger partial charge in [0.05, 0.1) is 0 Å². The quantitative estimate of drug-likeness (QED) is 0.787. The van der Waals surface area contributed by atoms with Crippen LogP contribution in [-0.4, -0.2) is 39.1 Å². The van der Waals surface area contributed by atoms with Gasteiger partial charge in [-0.25, -0.2) is 0 Å². The van der Waals surface area contributed by atoms with E-state index in [1.807, 2.05) is 11.0 Å². The molecule has 1 atom stereocenters. The van der Waals surface area contributed by atoms with Gasteiger partial charge in [-0.1, -0.05) is 36.4 Å². The Labute approximate surface area is 153 Å². The summed E-state index contributed by atoms with van der Waals surface area (Å²) in [4.78, 5) is 19.4. The van der Waals surface area contributed by atoms with Gasteiger partial charge >= 0.3 is 0 Å². The fourth-order valence-corrected chi connectivity index (χ4v) is 3.58. The topological polar surface area (TPSA) is 61.9 Å². The zero-order chi connectivity index (χ0) is 17.8. The lowest BCUT2D eigenvalue weighted by atomic mass is 9.93. The molecule has 1 N–H and O–H groups in total. The molecule has 2 aromatic heterocycles. The summed E-state index contributed by atoms with van der Waals surface area (Å²) < 4.78 is 0. The minimum atomic E-state index is 0.0210. The number of carbonyl (C=O) groups is 1. The first-order chi connectivity index (χ1) is 12.8. The second-order valence-corrected chi connectivity index (χ2v) is 6.78. The van der Waals surface area contributed by atoms with Gasteiger partial charge in [0.15, 0.2) is 0 Å². The third-order valence-corrected chi connectivity index (χ3v) is 4.91. The zero-order valence-corrected chi connectivity index (χ0v) is 14.6. The van der Waals surface area contributed by atoms with Crippen molar-refractivity contribution < 1.29 is 4.79 Å². The van der Waals surface area contributed by atoms with Crippen LogP contribution >= 0.6 is 0 Å². The maximum absolute atomic E-state index is 12.6. The fourth-order valence-electron chi connectivity index (χ4n) is 3.58. The third-order valence-electron chi connectivity index (χ3n) is 4.91. The highest BCUT2D eigenvalue weighted by Crippen LogP contribution is 2.26. The van der Waals surface area contributed by atoms with Gasteiger partial charge in [0.25, 0.3) is 5.91 Å². The lowest BCUT2D eigenvalue weighted by molar-refractivity contribution is 0.0700. The van der Waals surface area contributed by atoms with Gasteiger partial charge in [-0.15, -0.1) is 0 Å². The minimum Gasteiger partial charge on any atom is -0.337 e. The fraction of sp³-hybridized carbons (Fsp3) is 0.286. The molecule has 3 aromatic rings. The highest BCUT2D eigenvalue weighted by molar-refractivity contribution is 5.92. The number of hydrogen-bond acceptors (Lipinski definition) is 3. The summed E-state index contributed by atoms with van der Waals surface area (Å²) in [6.45, 7) is 1.50. The molecule has 0 radical (unpaired) electrons. The van der Waals surface area contributed by atoms with Crippen molar-refractivity contribution in [3.05, 3.63) is 83.4 Å². The highest BCUT2D eigenvalue weighted by Gasteiger charge is 2.26. The van der Waals surface area contributed by atoms with Crippen molar-refractivity contribution in [3.63, 3.8) is 0 Å². The van der Waals surface area contributed by atoms with E-state index < -0.39 is 0 Å². The summed E-state index contributed by atoms with van der Waals surface area (Å²) in [5.74, 6) is 0.305. The second-order valence-electron chi connectivity index (χ2n) is 6.78. The SMILES string of the molecule is O=C(c1ccn[nH]1)N1CCC[C@H](c2cccc(Cc3ccccc3)n2)C1. The van der Waals surface area contributed by atoms with Crippen LogP contribution in [0.5, 0.6) is 0 Å². The molecule has 0 aliphatic carbocycles. The van der Waals surface area contributed by atoms with E-state index in [1.165, 1.54) is 5.56 Å². The Kier molecular flexibility index (Phi) is 4.78. The van der Waals surface area contributed by atoms with E-state index in [2.05, 4.69) is 52.7 Å². The van der Waals surface area contributed by atoms with E-state index in [1.54, 1.807) is 12.3 Å². The van der Waals surface area contributed by atoms with E-state index in [0.717, 1.165) is 37.2 Å². The minimum absolute atomic E-state index is 0.0210. The molecule has 0 saturated carbocycles. The van der Waals surface area contributed by atoms with Crippen molar-refractivity contribution in [1.29, 1.82) is 0 Å². The van der Waals surface area contributed by atoms with Gasteiger partial charge in [0.1, 0.15) is 5.69 Å². The maximum atomic E-state index is 12.6.